The van der Waals surface area contributed by atoms with E-state index in [0.29, 0.717) is 48.3 Å². The van der Waals surface area contributed by atoms with Gasteiger partial charge in [-0.2, -0.15) is 4.98 Å². The summed E-state index contributed by atoms with van der Waals surface area (Å²) in [4.78, 5) is 21.0. The summed E-state index contributed by atoms with van der Waals surface area (Å²) in [7, 11) is 0. The number of ether oxygens (including phenoxy) is 2. The summed E-state index contributed by atoms with van der Waals surface area (Å²) < 4.78 is 11.0. The maximum Gasteiger partial charge on any atom is 0.274 e. The Morgan fingerprint density at radius 2 is 1.89 bits per heavy atom. The Morgan fingerprint density at radius 1 is 1.11 bits per heavy atom. The zero-order chi connectivity index (χ0) is 12.8. The van der Waals surface area contributed by atoms with Crippen molar-refractivity contribution in [3.8, 4) is 11.6 Å². The summed E-state index contributed by atoms with van der Waals surface area (Å²) in [5.74, 6) is 1.74. The molecule has 1 aromatic heterocycles. The van der Waals surface area contributed by atoms with Crippen LogP contribution in [0, 0.1) is 0 Å². The highest BCUT2D eigenvalue weighted by molar-refractivity contribution is 5.96. The number of nitrogens with one attached hydrogen (secondary N) is 1. The third-order valence-electron chi connectivity index (χ3n) is 3.49. The minimum Gasteiger partial charge on any atom is -0.483 e. The second kappa shape index (κ2) is 4.08. The molecule has 2 aliphatic carbocycles. The predicted octanol–water partition coefficient (Wildman–Crippen LogP) is 1.02. The Bertz CT molecular complexity index is 538. The van der Waals surface area contributed by atoms with Gasteiger partial charge in [-0.05, 0) is 25.7 Å². The Kier molecular flexibility index (Phi) is 2.36. The van der Waals surface area contributed by atoms with Gasteiger partial charge in [0.1, 0.15) is 19.0 Å². The molecular weight excluding hydrogens is 246 g/mol. The van der Waals surface area contributed by atoms with Crippen LogP contribution in [0.3, 0.4) is 0 Å². The topological polar surface area (TPSA) is 73.3 Å². The van der Waals surface area contributed by atoms with E-state index >= 15 is 0 Å². The first-order valence-electron chi connectivity index (χ1n) is 6.79. The summed E-state index contributed by atoms with van der Waals surface area (Å²) in [5.41, 5.74) is 0.332. The molecule has 0 bridgehead atoms. The highest BCUT2D eigenvalue weighted by atomic mass is 16.6. The van der Waals surface area contributed by atoms with Crippen LogP contribution in [0.2, 0.25) is 0 Å². The third kappa shape index (κ3) is 2.11. The fourth-order valence-electron chi connectivity index (χ4n) is 2.12. The van der Waals surface area contributed by atoms with Gasteiger partial charge >= 0.3 is 0 Å². The minimum atomic E-state index is -0.173. The standard InChI is InChI=1S/C13H15N3O3/c17-12(14-8-3-4-8)9-10-13(19-6-5-18-10)16-11(15-9)7-1-2-7/h7-8H,1-6H2,(H,14,17). The summed E-state index contributed by atoms with van der Waals surface area (Å²) in [6, 6.07) is 0.298. The second-order valence-electron chi connectivity index (χ2n) is 5.28. The molecule has 3 aliphatic rings. The van der Waals surface area contributed by atoms with Crippen molar-refractivity contribution in [3.05, 3.63) is 11.5 Å². The first-order valence-corrected chi connectivity index (χ1v) is 6.79. The summed E-state index contributed by atoms with van der Waals surface area (Å²) in [5, 5.41) is 2.94. The van der Waals surface area contributed by atoms with Crippen LogP contribution >= 0.6 is 0 Å². The zero-order valence-electron chi connectivity index (χ0n) is 10.5. The lowest BCUT2D eigenvalue weighted by atomic mass is 10.3. The number of aromatic nitrogens is 2. The molecule has 0 saturated heterocycles. The molecule has 1 aromatic rings. The van der Waals surface area contributed by atoms with Gasteiger partial charge in [0.25, 0.3) is 11.8 Å². The van der Waals surface area contributed by atoms with Gasteiger partial charge < -0.3 is 14.8 Å². The molecule has 2 fully saturated rings. The monoisotopic (exact) mass is 261 g/mol. The van der Waals surface area contributed by atoms with Crippen LogP contribution < -0.4 is 14.8 Å². The molecule has 6 nitrogen and oxygen atoms in total. The number of carbonyl (C=O) groups excluding carboxylic acids is 1. The molecule has 4 rings (SSSR count). The van der Waals surface area contributed by atoms with Crippen LogP contribution in [-0.4, -0.2) is 35.1 Å². The molecule has 0 radical (unpaired) electrons. The van der Waals surface area contributed by atoms with E-state index in [9.17, 15) is 4.79 Å². The maximum atomic E-state index is 12.2. The number of carbonyl (C=O) groups is 1. The SMILES string of the molecule is O=C(NC1CC1)c1nc(C2CC2)nc2c1OCCO2. The molecule has 1 aliphatic heterocycles. The largest absolute Gasteiger partial charge is 0.483 e. The molecule has 2 saturated carbocycles. The van der Waals surface area contributed by atoms with Gasteiger partial charge in [0.15, 0.2) is 5.69 Å². The maximum absolute atomic E-state index is 12.2. The molecule has 0 spiro atoms. The van der Waals surface area contributed by atoms with E-state index in [4.69, 9.17) is 9.47 Å². The van der Waals surface area contributed by atoms with Crippen molar-refractivity contribution in [2.45, 2.75) is 37.6 Å². The highest BCUT2D eigenvalue weighted by Crippen LogP contribution is 2.41. The van der Waals surface area contributed by atoms with E-state index in [2.05, 4.69) is 15.3 Å². The third-order valence-corrected chi connectivity index (χ3v) is 3.49. The van der Waals surface area contributed by atoms with Gasteiger partial charge in [0, 0.05) is 12.0 Å². The van der Waals surface area contributed by atoms with Crippen molar-refractivity contribution < 1.29 is 14.3 Å². The van der Waals surface area contributed by atoms with Crippen LogP contribution in [0.15, 0.2) is 0 Å². The molecule has 1 amide bonds. The molecule has 100 valence electrons. The smallest absolute Gasteiger partial charge is 0.274 e. The number of amides is 1. The lowest BCUT2D eigenvalue weighted by molar-refractivity contribution is 0.0930. The molecular formula is C13H15N3O3. The van der Waals surface area contributed by atoms with E-state index < -0.39 is 0 Å². The van der Waals surface area contributed by atoms with Gasteiger partial charge in [-0.1, -0.05) is 0 Å². The molecule has 1 N–H and O–H groups in total. The van der Waals surface area contributed by atoms with Crippen molar-refractivity contribution in [3.63, 3.8) is 0 Å². The van der Waals surface area contributed by atoms with Gasteiger partial charge in [-0.3, -0.25) is 4.79 Å². The van der Waals surface area contributed by atoms with Gasteiger partial charge in [0.2, 0.25) is 5.75 Å². The normalized spacial score (nSPS) is 21.1. The second-order valence-corrected chi connectivity index (χ2v) is 5.28. The molecule has 0 aromatic carbocycles. The van der Waals surface area contributed by atoms with Crippen molar-refractivity contribution in [2.24, 2.45) is 0 Å². The zero-order valence-corrected chi connectivity index (χ0v) is 10.5. The average Bonchev–Trinajstić information content (AvgIpc) is 3.29. The Balaban J connectivity index is 1.72. The summed E-state index contributed by atoms with van der Waals surface area (Å²) in [6.07, 6.45) is 4.27. The first kappa shape index (κ1) is 11.0. The average molecular weight is 261 g/mol. The van der Waals surface area contributed by atoms with Crippen molar-refractivity contribution in [1.29, 1.82) is 0 Å². The van der Waals surface area contributed by atoms with Gasteiger partial charge in [0.05, 0.1) is 0 Å². The van der Waals surface area contributed by atoms with E-state index in [1.54, 1.807) is 0 Å². The number of rotatable bonds is 3. The van der Waals surface area contributed by atoms with E-state index in [0.717, 1.165) is 25.7 Å². The van der Waals surface area contributed by atoms with Crippen LogP contribution in [0.4, 0.5) is 0 Å². The Hall–Kier alpha value is -1.85. The lowest BCUT2D eigenvalue weighted by Gasteiger charge is -2.20. The number of nitrogens with zero attached hydrogens (tertiary/aromatic N) is 2. The fourth-order valence-corrected chi connectivity index (χ4v) is 2.12. The minimum absolute atomic E-state index is 0.173. The first-order chi connectivity index (χ1) is 9.31. The summed E-state index contributed by atoms with van der Waals surface area (Å²) >= 11 is 0. The van der Waals surface area contributed by atoms with Crippen LogP contribution in [0.1, 0.15) is 47.9 Å². The number of hydrogen-bond acceptors (Lipinski definition) is 5. The van der Waals surface area contributed by atoms with Crippen molar-refractivity contribution >= 4 is 5.91 Å². The lowest BCUT2D eigenvalue weighted by Crippen LogP contribution is -2.29. The van der Waals surface area contributed by atoms with Crippen molar-refractivity contribution in [1.82, 2.24) is 15.3 Å². The van der Waals surface area contributed by atoms with Crippen molar-refractivity contribution in [2.75, 3.05) is 13.2 Å². The van der Waals surface area contributed by atoms with E-state index in [1.807, 2.05) is 0 Å². The van der Waals surface area contributed by atoms with Gasteiger partial charge in [-0.25, -0.2) is 4.98 Å². The highest BCUT2D eigenvalue weighted by Gasteiger charge is 2.33. The molecule has 0 unspecified atom stereocenters. The summed E-state index contributed by atoms with van der Waals surface area (Å²) in [6.45, 7) is 0.903. The van der Waals surface area contributed by atoms with E-state index in [1.165, 1.54) is 0 Å². The molecule has 0 atom stereocenters. The van der Waals surface area contributed by atoms with Crippen LogP contribution in [0.25, 0.3) is 0 Å². The van der Waals surface area contributed by atoms with Crippen LogP contribution in [-0.2, 0) is 0 Å². The number of hydrogen-bond donors (Lipinski definition) is 1. The molecule has 19 heavy (non-hydrogen) atoms. The quantitative estimate of drug-likeness (QED) is 0.879. The Morgan fingerprint density at radius 3 is 2.63 bits per heavy atom. The number of fused-ring (bicyclic) bond motifs is 1. The predicted molar refractivity (Wildman–Crippen MR) is 65.5 cm³/mol. The van der Waals surface area contributed by atoms with Gasteiger partial charge in [-0.15, -0.1) is 0 Å². The Labute approximate surface area is 110 Å². The van der Waals surface area contributed by atoms with Crippen LogP contribution in [0.5, 0.6) is 11.6 Å². The fraction of sp³-hybridized carbons (Fsp3) is 0.615. The molecule has 2 heterocycles. The van der Waals surface area contributed by atoms with E-state index in [-0.39, 0.29) is 5.91 Å². The molecule has 6 heteroatoms.